The molecule has 1 atom stereocenters. The minimum Gasteiger partial charge on any atom is -0.489 e. The maximum absolute atomic E-state index is 13.7. The van der Waals surface area contributed by atoms with Gasteiger partial charge in [0.15, 0.2) is 0 Å². The molecule has 3 aromatic rings. The number of hydrogen-bond donors (Lipinski definition) is 1. The number of ether oxygens (including phenoxy) is 2. The van der Waals surface area contributed by atoms with Gasteiger partial charge in [0.1, 0.15) is 17.7 Å². The third-order valence-corrected chi connectivity index (χ3v) is 7.57. The zero-order chi connectivity index (χ0) is 27.2. The van der Waals surface area contributed by atoms with E-state index in [-0.39, 0.29) is 23.9 Å². The van der Waals surface area contributed by atoms with E-state index in [1.54, 1.807) is 18.5 Å². The Morgan fingerprint density at radius 3 is 2.31 bits per heavy atom. The Balaban J connectivity index is 1.29. The Labute approximate surface area is 229 Å². The van der Waals surface area contributed by atoms with Gasteiger partial charge < -0.3 is 19.7 Å². The molecule has 5 rings (SSSR count). The number of hydrogen-bond acceptors (Lipinski definition) is 5. The van der Waals surface area contributed by atoms with Crippen LogP contribution in [0.25, 0.3) is 5.57 Å². The molecular formula is C32H36FN3O3. The first-order chi connectivity index (χ1) is 19.0. The van der Waals surface area contributed by atoms with Gasteiger partial charge in [-0.05, 0) is 67.3 Å². The summed E-state index contributed by atoms with van der Waals surface area (Å²) in [4.78, 5) is 19.6. The molecule has 2 fully saturated rings. The number of nitrogens with zero attached hydrogens (tertiary/aromatic N) is 2. The minimum atomic E-state index is -0.234. The van der Waals surface area contributed by atoms with E-state index in [4.69, 9.17) is 9.47 Å². The lowest BCUT2D eigenvalue weighted by molar-refractivity contribution is 0.0254. The van der Waals surface area contributed by atoms with Crippen LogP contribution in [0, 0.1) is 5.82 Å². The predicted octanol–water partition coefficient (Wildman–Crippen LogP) is 5.80. The molecule has 0 spiro atoms. The van der Waals surface area contributed by atoms with Crippen molar-refractivity contribution < 1.29 is 18.7 Å². The highest BCUT2D eigenvalue weighted by Crippen LogP contribution is 2.33. The number of amides is 1. The molecule has 2 aliphatic rings. The van der Waals surface area contributed by atoms with Gasteiger partial charge in [-0.2, -0.15) is 0 Å². The van der Waals surface area contributed by atoms with E-state index < -0.39 is 0 Å². The maximum Gasteiger partial charge on any atom is 0.253 e. The van der Waals surface area contributed by atoms with Gasteiger partial charge in [-0.25, -0.2) is 4.39 Å². The average Bonchev–Trinajstić information content (AvgIpc) is 2.96. The molecule has 2 aliphatic heterocycles. The summed E-state index contributed by atoms with van der Waals surface area (Å²) in [6, 6.07) is 16.6. The van der Waals surface area contributed by atoms with Crippen molar-refractivity contribution in [1.29, 1.82) is 0 Å². The van der Waals surface area contributed by atoms with Crippen molar-refractivity contribution in [1.82, 2.24) is 15.2 Å². The number of carbonyl (C=O) groups is 1. The number of piperidine rings is 1. The van der Waals surface area contributed by atoms with Crippen LogP contribution in [0.1, 0.15) is 65.7 Å². The second-order valence-corrected chi connectivity index (χ2v) is 10.4. The van der Waals surface area contributed by atoms with Crippen molar-refractivity contribution in [3.63, 3.8) is 0 Å². The standard InChI is InChI=1S/C32H36FN3O3/c1-22(35-32(37)27-19-30(21-34-20-27)39-29-13-17-38-18-14-29)23-3-5-24(6-4-23)31(25-7-9-28(33)10-8-25)26-11-15-36(2)16-12-26/h3-10,19-22,29H,11-18H2,1-2H3,(H,35,37)/t22-/m1/s1. The van der Waals surface area contributed by atoms with Crippen LogP contribution in [0.4, 0.5) is 4.39 Å². The van der Waals surface area contributed by atoms with Gasteiger partial charge in [0.05, 0.1) is 31.0 Å². The molecule has 0 bridgehead atoms. The number of carbonyl (C=O) groups excluding carboxylic acids is 1. The highest BCUT2D eigenvalue weighted by molar-refractivity contribution is 5.94. The van der Waals surface area contributed by atoms with Gasteiger partial charge in [0, 0.05) is 32.1 Å². The Kier molecular flexibility index (Phi) is 8.69. The summed E-state index contributed by atoms with van der Waals surface area (Å²) in [5.74, 6) is 0.168. The molecule has 6 nitrogen and oxygen atoms in total. The molecule has 1 aromatic heterocycles. The largest absolute Gasteiger partial charge is 0.489 e. The Hall–Kier alpha value is -3.55. The highest BCUT2D eigenvalue weighted by atomic mass is 19.1. The molecule has 0 saturated carbocycles. The van der Waals surface area contributed by atoms with Crippen LogP contribution < -0.4 is 10.1 Å². The normalized spacial score (nSPS) is 17.5. The second kappa shape index (κ2) is 12.5. The highest BCUT2D eigenvalue weighted by Gasteiger charge is 2.19. The van der Waals surface area contributed by atoms with E-state index >= 15 is 0 Å². The first-order valence-corrected chi connectivity index (χ1v) is 13.7. The van der Waals surface area contributed by atoms with Crippen LogP contribution in [0.15, 0.2) is 72.6 Å². The summed E-state index contributed by atoms with van der Waals surface area (Å²) in [5.41, 5.74) is 6.17. The number of benzene rings is 2. The summed E-state index contributed by atoms with van der Waals surface area (Å²) in [6.07, 6.45) is 6.93. The smallest absolute Gasteiger partial charge is 0.253 e. The van der Waals surface area contributed by atoms with Crippen LogP contribution in [-0.4, -0.2) is 55.2 Å². The van der Waals surface area contributed by atoms with E-state index in [1.165, 1.54) is 23.3 Å². The number of rotatable bonds is 7. The Morgan fingerprint density at radius 2 is 1.64 bits per heavy atom. The Morgan fingerprint density at radius 1 is 1.00 bits per heavy atom. The van der Waals surface area contributed by atoms with E-state index in [9.17, 15) is 9.18 Å². The zero-order valence-corrected chi connectivity index (χ0v) is 22.7. The lowest BCUT2D eigenvalue weighted by atomic mass is 9.88. The van der Waals surface area contributed by atoms with Crippen molar-refractivity contribution in [2.75, 3.05) is 33.4 Å². The molecule has 7 heteroatoms. The number of nitrogens with one attached hydrogen (secondary N) is 1. The lowest BCUT2D eigenvalue weighted by Crippen LogP contribution is -2.28. The predicted molar refractivity (Wildman–Crippen MR) is 150 cm³/mol. The number of pyridine rings is 1. The van der Waals surface area contributed by atoms with Gasteiger partial charge in [0.2, 0.25) is 0 Å². The van der Waals surface area contributed by atoms with E-state index in [2.05, 4.69) is 46.5 Å². The monoisotopic (exact) mass is 529 g/mol. The summed E-state index contributed by atoms with van der Waals surface area (Å²) >= 11 is 0. The van der Waals surface area contributed by atoms with Crippen molar-refractivity contribution >= 4 is 11.5 Å². The van der Waals surface area contributed by atoms with E-state index in [0.29, 0.717) is 24.5 Å². The molecule has 204 valence electrons. The number of likely N-dealkylation sites (tertiary alicyclic amines) is 1. The third kappa shape index (κ3) is 6.91. The quantitative estimate of drug-likeness (QED) is 0.419. The zero-order valence-electron chi connectivity index (χ0n) is 22.7. The van der Waals surface area contributed by atoms with Gasteiger partial charge >= 0.3 is 0 Å². The van der Waals surface area contributed by atoms with Crippen LogP contribution in [0.5, 0.6) is 5.75 Å². The summed E-state index contributed by atoms with van der Waals surface area (Å²) in [6.45, 7) is 5.37. The van der Waals surface area contributed by atoms with Crippen molar-refractivity contribution in [3.8, 4) is 5.75 Å². The number of halogens is 1. The fourth-order valence-corrected chi connectivity index (χ4v) is 5.23. The molecule has 0 radical (unpaired) electrons. The minimum absolute atomic E-state index is 0.0839. The van der Waals surface area contributed by atoms with Gasteiger partial charge in [-0.1, -0.05) is 42.0 Å². The summed E-state index contributed by atoms with van der Waals surface area (Å²) in [7, 11) is 2.14. The van der Waals surface area contributed by atoms with Crippen molar-refractivity contribution in [2.45, 2.75) is 44.8 Å². The van der Waals surface area contributed by atoms with Crippen molar-refractivity contribution in [3.05, 3.63) is 101 Å². The molecule has 3 heterocycles. The average molecular weight is 530 g/mol. The fourth-order valence-electron chi connectivity index (χ4n) is 5.23. The molecule has 0 unspecified atom stereocenters. The van der Waals surface area contributed by atoms with Gasteiger partial charge in [0.25, 0.3) is 5.91 Å². The first-order valence-electron chi connectivity index (χ1n) is 13.7. The summed E-state index contributed by atoms with van der Waals surface area (Å²) in [5, 5.41) is 3.08. The second-order valence-electron chi connectivity index (χ2n) is 10.4. The lowest BCUT2D eigenvalue weighted by Gasteiger charge is -2.27. The molecule has 0 aliphatic carbocycles. The van der Waals surface area contributed by atoms with Crippen LogP contribution in [0.2, 0.25) is 0 Å². The molecule has 1 amide bonds. The fraction of sp³-hybridized carbons (Fsp3) is 0.375. The van der Waals surface area contributed by atoms with Crippen molar-refractivity contribution in [2.24, 2.45) is 0 Å². The van der Waals surface area contributed by atoms with Crippen LogP contribution >= 0.6 is 0 Å². The van der Waals surface area contributed by atoms with Crippen LogP contribution in [-0.2, 0) is 4.74 Å². The van der Waals surface area contributed by atoms with E-state index in [0.717, 1.165) is 55.5 Å². The molecular weight excluding hydrogens is 493 g/mol. The molecule has 2 aromatic carbocycles. The maximum atomic E-state index is 13.7. The Bertz CT molecular complexity index is 1290. The van der Waals surface area contributed by atoms with Gasteiger partial charge in [-0.15, -0.1) is 0 Å². The number of aromatic nitrogens is 1. The third-order valence-electron chi connectivity index (χ3n) is 7.57. The van der Waals surface area contributed by atoms with Gasteiger partial charge in [-0.3, -0.25) is 9.78 Å². The van der Waals surface area contributed by atoms with Crippen LogP contribution in [0.3, 0.4) is 0 Å². The molecule has 1 N–H and O–H groups in total. The molecule has 39 heavy (non-hydrogen) atoms. The summed E-state index contributed by atoms with van der Waals surface area (Å²) < 4.78 is 25.1. The van der Waals surface area contributed by atoms with E-state index in [1.807, 2.05) is 19.1 Å². The topological polar surface area (TPSA) is 63.7 Å². The first kappa shape index (κ1) is 27.0. The molecule has 2 saturated heterocycles. The SMILES string of the molecule is C[C@@H](NC(=O)c1cncc(OC2CCOCC2)c1)c1ccc(C(=C2CCN(C)CC2)c2ccc(F)cc2)cc1.